The average molecular weight is 386 g/mol. The summed E-state index contributed by atoms with van der Waals surface area (Å²) in [4.78, 5) is 31.3. The first-order valence-electron chi connectivity index (χ1n) is 8.42. The Kier molecular flexibility index (Phi) is 5.19. The summed E-state index contributed by atoms with van der Waals surface area (Å²) in [6.45, 7) is 3.49. The van der Waals surface area contributed by atoms with Gasteiger partial charge in [-0.2, -0.15) is 0 Å². The van der Waals surface area contributed by atoms with Gasteiger partial charge in [-0.1, -0.05) is 17.7 Å². The second-order valence-electron chi connectivity index (χ2n) is 6.63. The van der Waals surface area contributed by atoms with E-state index in [0.717, 1.165) is 0 Å². The van der Waals surface area contributed by atoms with Crippen molar-refractivity contribution in [2.45, 2.75) is 19.5 Å². The molecule has 1 aliphatic rings. The Morgan fingerprint density at radius 1 is 1.22 bits per heavy atom. The Morgan fingerprint density at radius 2 is 1.93 bits per heavy atom. The van der Waals surface area contributed by atoms with Crippen LogP contribution in [0.4, 0.5) is 5.69 Å². The van der Waals surface area contributed by atoms with Gasteiger partial charge < -0.3 is 15.0 Å². The van der Waals surface area contributed by atoms with Gasteiger partial charge in [0, 0.05) is 16.3 Å². The van der Waals surface area contributed by atoms with Crippen LogP contribution in [0.2, 0.25) is 5.02 Å². The summed E-state index contributed by atoms with van der Waals surface area (Å²) in [5, 5.41) is 3.28. The van der Waals surface area contributed by atoms with E-state index in [1.807, 2.05) is 0 Å². The first-order valence-corrected chi connectivity index (χ1v) is 8.79. The minimum atomic E-state index is -0.821. The van der Waals surface area contributed by atoms with Gasteiger partial charge in [-0.05, 0) is 56.3 Å². The first-order chi connectivity index (χ1) is 12.8. The summed E-state index contributed by atoms with van der Waals surface area (Å²) in [7, 11) is 1.58. The van der Waals surface area contributed by atoms with Crippen molar-refractivity contribution in [3.8, 4) is 5.75 Å². The number of amides is 2. The minimum absolute atomic E-state index is 0.110. The molecule has 2 aromatic carbocycles. The summed E-state index contributed by atoms with van der Waals surface area (Å²) in [5.74, 6) is 0.0955. The van der Waals surface area contributed by atoms with Crippen molar-refractivity contribution in [3.05, 3.63) is 59.1 Å². The second kappa shape index (κ2) is 7.40. The molecule has 0 saturated carbocycles. The van der Waals surface area contributed by atoms with E-state index < -0.39 is 5.66 Å². The number of ether oxygens (including phenoxy) is 1. The summed E-state index contributed by atoms with van der Waals surface area (Å²) in [5.41, 5.74) is 0.774. The van der Waals surface area contributed by atoms with E-state index in [-0.39, 0.29) is 18.4 Å². The fourth-order valence-corrected chi connectivity index (χ4v) is 3.06. The maximum atomic E-state index is 12.9. The normalized spacial score (nSPS) is 15.5. The van der Waals surface area contributed by atoms with E-state index in [2.05, 4.69) is 10.3 Å². The number of halogens is 1. The molecule has 3 rings (SSSR count). The molecule has 140 valence electrons. The number of benzene rings is 2. The van der Waals surface area contributed by atoms with Crippen LogP contribution in [0.3, 0.4) is 0 Å². The molecular weight excluding hydrogens is 366 g/mol. The number of carbonyl (C=O) groups is 2. The van der Waals surface area contributed by atoms with E-state index in [1.165, 1.54) is 4.90 Å². The van der Waals surface area contributed by atoms with Crippen LogP contribution in [0.15, 0.2) is 53.5 Å². The molecular formula is C20H20ClN3O3. The van der Waals surface area contributed by atoms with Crippen LogP contribution in [-0.2, 0) is 9.59 Å². The molecule has 0 aromatic heterocycles. The third-order valence-electron chi connectivity index (χ3n) is 4.27. The number of hydrogen-bond acceptors (Lipinski definition) is 4. The zero-order valence-electron chi connectivity index (χ0n) is 15.3. The minimum Gasteiger partial charge on any atom is -0.497 e. The lowest BCUT2D eigenvalue weighted by molar-refractivity contribution is -0.131. The molecule has 0 aliphatic carbocycles. The second-order valence-corrected chi connectivity index (χ2v) is 7.07. The smallest absolute Gasteiger partial charge is 0.275 e. The van der Waals surface area contributed by atoms with E-state index in [4.69, 9.17) is 16.3 Å². The molecule has 0 saturated heterocycles. The molecule has 6 nitrogen and oxygen atoms in total. The first kappa shape index (κ1) is 18.9. The predicted molar refractivity (Wildman–Crippen MR) is 105 cm³/mol. The quantitative estimate of drug-likeness (QED) is 0.857. The van der Waals surface area contributed by atoms with Gasteiger partial charge in [0.15, 0.2) is 0 Å². The zero-order valence-corrected chi connectivity index (χ0v) is 16.1. The summed E-state index contributed by atoms with van der Waals surface area (Å²) < 4.78 is 5.14. The van der Waals surface area contributed by atoms with Crippen LogP contribution in [0.1, 0.15) is 19.4 Å². The van der Waals surface area contributed by atoms with E-state index in [0.29, 0.717) is 27.7 Å². The number of anilines is 1. The highest BCUT2D eigenvalue weighted by Crippen LogP contribution is 2.27. The third-order valence-corrected chi connectivity index (χ3v) is 4.50. The van der Waals surface area contributed by atoms with Crippen LogP contribution in [0, 0.1) is 0 Å². The number of hydrogen-bond donors (Lipinski definition) is 1. The van der Waals surface area contributed by atoms with Crippen molar-refractivity contribution >= 4 is 34.8 Å². The van der Waals surface area contributed by atoms with Crippen LogP contribution >= 0.6 is 11.6 Å². The van der Waals surface area contributed by atoms with Crippen molar-refractivity contribution in [1.82, 2.24) is 4.90 Å². The monoisotopic (exact) mass is 385 g/mol. The number of methoxy groups -OCH3 is 1. The summed E-state index contributed by atoms with van der Waals surface area (Å²) in [6.07, 6.45) is 0. The third kappa shape index (κ3) is 4.11. The van der Waals surface area contributed by atoms with E-state index >= 15 is 0 Å². The highest BCUT2D eigenvalue weighted by Gasteiger charge is 2.41. The highest BCUT2D eigenvalue weighted by atomic mass is 35.5. The molecule has 0 spiro atoms. The lowest BCUT2D eigenvalue weighted by Crippen LogP contribution is -2.46. The van der Waals surface area contributed by atoms with Crippen molar-refractivity contribution in [2.24, 2.45) is 4.99 Å². The Labute approximate surface area is 162 Å². The van der Waals surface area contributed by atoms with Gasteiger partial charge in [0.1, 0.15) is 23.7 Å². The van der Waals surface area contributed by atoms with Gasteiger partial charge in [-0.15, -0.1) is 0 Å². The Hall–Kier alpha value is -2.86. The Bertz CT molecular complexity index is 907. The number of rotatable bonds is 5. The van der Waals surface area contributed by atoms with Gasteiger partial charge in [0.05, 0.1) is 7.11 Å². The number of carbonyl (C=O) groups excluding carboxylic acids is 2. The fourth-order valence-electron chi connectivity index (χ4n) is 2.87. The maximum Gasteiger partial charge on any atom is 0.275 e. The average Bonchev–Trinajstić information content (AvgIpc) is 2.85. The molecule has 1 aliphatic heterocycles. The number of nitrogens with one attached hydrogen (secondary N) is 1. The molecule has 1 heterocycles. The standard InChI is InChI=1S/C20H20ClN3O3/c1-20(2)23-18(13-7-9-16(27-3)10-8-13)19(26)24(20)12-17(25)22-15-6-4-5-14(21)11-15/h4-11H,12H2,1-3H3,(H,22,25). The topological polar surface area (TPSA) is 71.0 Å². The van der Waals surface area contributed by atoms with Crippen LogP contribution in [0.5, 0.6) is 5.75 Å². The van der Waals surface area contributed by atoms with Crippen LogP contribution in [-0.4, -0.2) is 41.7 Å². The van der Waals surface area contributed by atoms with Gasteiger partial charge in [-0.3, -0.25) is 14.6 Å². The van der Waals surface area contributed by atoms with Gasteiger partial charge in [-0.25, -0.2) is 0 Å². The Morgan fingerprint density at radius 3 is 2.56 bits per heavy atom. The van der Waals surface area contributed by atoms with Crippen molar-refractivity contribution in [2.75, 3.05) is 19.0 Å². The van der Waals surface area contributed by atoms with E-state index in [1.54, 1.807) is 69.5 Å². The molecule has 0 atom stereocenters. The molecule has 7 heteroatoms. The van der Waals surface area contributed by atoms with Crippen molar-refractivity contribution in [1.29, 1.82) is 0 Å². The molecule has 2 amide bonds. The van der Waals surface area contributed by atoms with Crippen LogP contribution < -0.4 is 10.1 Å². The lowest BCUT2D eigenvalue weighted by Gasteiger charge is -2.28. The molecule has 27 heavy (non-hydrogen) atoms. The van der Waals surface area contributed by atoms with E-state index in [9.17, 15) is 9.59 Å². The number of aliphatic imine (C=N–C) groups is 1. The fraction of sp³-hybridized carbons (Fsp3) is 0.250. The maximum absolute atomic E-state index is 12.9. The summed E-state index contributed by atoms with van der Waals surface area (Å²) in [6, 6.07) is 13.9. The molecule has 0 bridgehead atoms. The van der Waals surface area contributed by atoms with Gasteiger partial charge >= 0.3 is 0 Å². The molecule has 1 N–H and O–H groups in total. The largest absolute Gasteiger partial charge is 0.497 e. The zero-order chi connectivity index (χ0) is 19.6. The highest BCUT2D eigenvalue weighted by molar-refractivity contribution is 6.47. The summed E-state index contributed by atoms with van der Waals surface area (Å²) >= 11 is 5.93. The Balaban J connectivity index is 1.74. The molecule has 0 fully saturated rings. The molecule has 0 radical (unpaired) electrons. The van der Waals surface area contributed by atoms with Crippen LogP contribution in [0.25, 0.3) is 0 Å². The van der Waals surface area contributed by atoms with Gasteiger partial charge in [0.2, 0.25) is 5.91 Å². The molecule has 2 aromatic rings. The van der Waals surface area contributed by atoms with Crippen molar-refractivity contribution in [3.63, 3.8) is 0 Å². The SMILES string of the molecule is COc1ccc(C2=NC(C)(C)N(CC(=O)Nc3cccc(Cl)c3)C2=O)cc1. The molecule has 0 unspecified atom stereocenters. The van der Waals surface area contributed by atoms with Gasteiger partial charge in [0.25, 0.3) is 5.91 Å². The predicted octanol–water partition coefficient (Wildman–Crippen LogP) is 3.35. The number of nitrogens with zero attached hydrogens (tertiary/aromatic N) is 2. The lowest BCUT2D eigenvalue weighted by atomic mass is 10.1. The van der Waals surface area contributed by atoms with Crippen molar-refractivity contribution < 1.29 is 14.3 Å².